The summed E-state index contributed by atoms with van der Waals surface area (Å²) in [5.41, 5.74) is -1.20. The number of carboxylic acids is 1. The van der Waals surface area contributed by atoms with Gasteiger partial charge in [0.05, 0.1) is 13.2 Å². The number of aliphatic carboxylic acids is 1. The number of ether oxygens (including phenoxy) is 1. The molecule has 17 heteroatoms. The van der Waals surface area contributed by atoms with Crippen LogP contribution in [0.3, 0.4) is 0 Å². The lowest BCUT2D eigenvalue weighted by Gasteiger charge is -2.23. The summed E-state index contributed by atoms with van der Waals surface area (Å²) in [5, 5.41) is 24.0. The topological polar surface area (TPSA) is 182 Å². The minimum atomic E-state index is -4.50. The largest absolute Gasteiger partial charge is 0.480 e. The predicted octanol–water partition coefficient (Wildman–Crippen LogP) is 0.903. The molecule has 1 fully saturated rings. The second-order valence-electron chi connectivity index (χ2n) is 8.82. The van der Waals surface area contributed by atoms with Gasteiger partial charge in [0, 0.05) is 6.20 Å². The Morgan fingerprint density at radius 1 is 1.28 bits per heavy atom. The van der Waals surface area contributed by atoms with Crippen molar-refractivity contribution in [3.8, 4) is 5.75 Å². The summed E-state index contributed by atoms with van der Waals surface area (Å²) in [6.45, 7) is 0.210. The molecular weight excluding hydrogens is 547 g/mol. The van der Waals surface area contributed by atoms with Crippen LogP contribution >= 0.6 is 7.75 Å². The number of likely N-dealkylation sites (N-methyl/N-ethyl adjacent to an activating group) is 1. The van der Waals surface area contributed by atoms with Crippen molar-refractivity contribution in [1.82, 2.24) is 19.5 Å². The fraction of sp³-hybridized carbons (Fsp3) is 0.455. The van der Waals surface area contributed by atoms with Gasteiger partial charge < -0.3 is 29.7 Å². The SMILES string of the molecule is C[C@H](NP(=O)(OC[C@H]1O[C@@H](n2ccc(NC(=O)CN(C)C)nc2=O)C(F)(F)[C@@H]1O)Oc1ccccc1)C(=O)O. The molecule has 0 spiro atoms. The van der Waals surface area contributed by atoms with Gasteiger partial charge in [-0.3, -0.25) is 18.7 Å². The molecule has 5 atom stereocenters. The molecule has 2 aromatic rings. The van der Waals surface area contributed by atoms with Crippen molar-refractivity contribution < 1.29 is 46.9 Å². The summed E-state index contributed by atoms with van der Waals surface area (Å²) in [6, 6.07) is 7.20. The van der Waals surface area contributed by atoms with Gasteiger partial charge in [0.25, 0.3) is 0 Å². The molecular formula is C22H28F2N5O9P. The van der Waals surface area contributed by atoms with E-state index in [9.17, 15) is 37.9 Å². The van der Waals surface area contributed by atoms with Gasteiger partial charge in [0.1, 0.15) is 23.7 Å². The first-order chi connectivity index (χ1) is 18.2. The molecule has 1 aliphatic heterocycles. The molecule has 0 saturated carbocycles. The van der Waals surface area contributed by atoms with E-state index in [0.717, 1.165) is 19.2 Å². The minimum absolute atomic E-state index is 0.0135. The Bertz CT molecular complexity index is 1280. The molecule has 0 radical (unpaired) electrons. The number of nitrogens with one attached hydrogen (secondary N) is 2. The van der Waals surface area contributed by atoms with Gasteiger partial charge >= 0.3 is 25.3 Å². The number of para-hydroxylation sites is 1. The molecule has 39 heavy (non-hydrogen) atoms. The number of hydrogen-bond acceptors (Lipinski definition) is 10. The maximum Gasteiger partial charge on any atom is 0.459 e. The second kappa shape index (κ2) is 12.3. The number of carbonyl (C=O) groups excluding carboxylic acids is 1. The van der Waals surface area contributed by atoms with Crippen LogP contribution in [-0.2, 0) is 23.4 Å². The van der Waals surface area contributed by atoms with Crippen LogP contribution in [0.4, 0.5) is 14.6 Å². The quantitative estimate of drug-likeness (QED) is 0.263. The average molecular weight is 575 g/mol. The fourth-order valence-electron chi connectivity index (χ4n) is 3.41. The Labute approximate surface area is 221 Å². The van der Waals surface area contributed by atoms with Crippen LogP contribution in [0.5, 0.6) is 5.75 Å². The van der Waals surface area contributed by atoms with Crippen LogP contribution in [-0.4, -0.2) is 88.0 Å². The van der Waals surface area contributed by atoms with Gasteiger partial charge in [0.2, 0.25) is 12.1 Å². The standard InChI is InChI=1S/C22H28F2N5O9P/c1-13(19(32)33)27-39(35,38-14-7-5-4-6-8-14)36-12-15-18(31)22(23,24)20(37-15)29-10-9-16(26-21(29)34)25-17(30)11-28(2)3/h4-10,13,15,18,20,31H,11-12H2,1-3H3,(H,27,35)(H,32,33)(H,25,26,30,34)/t13-,15+,18+,20+,39?/m0/s1. The summed E-state index contributed by atoms with van der Waals surface area (Å²) in [6.07, 6.45) is -5.75. The Kier molecular flexibility index (Phi) is 9.53. The van der Waals surface area contributed by atoms with E-state index < -0.39 is 62.3 Å². The summed E-state index contributed by atoms with van der Waals surface area (Å²) >= 11 is 0. The molecule has 4 N–H and O–H groups in total. The first kappa shape index (κ1) is 30.3. The number of aliphatic hydroxyl groups excluding tert-OH is 1. The van der Waals surface area contributed by atoms with Gasteiger partial charge in [0.15, 0.2) is 6.10 Å². The first-order valence-corrected chi connectivity index (χ1v) is 13.0. The smallest absolute Gasteiger partial charge is 0.459 e. The van der Waals surface area contributed by atoms with E-state index in [1.807, 2.05) is 0 Å². The van der Waals surface area contributed by atoms with E-state index in [0.29, 0.717) is 4.57 Å². The van der Waals surface area contributed by atoms with Gasteiger partial charge in [-0.25, -0.2) is 9.36 Å². The van der Waals surface area contributed by atoms with E-state index in [1.165, 1.54) is 12.1 Å². The Morgan fingerprint density at radius 3 is 2.54 bits per heavy atom. The van der Waals surface area contributed by atoms with Crippen LogP contribution in [0.15, 0.2) is 47.4 Å². The Morgan fingerprint density at radius 2 is 1.95 bits per heavy atom. The van der Waals surface area contributed by atoms with Crippen LogP contribution in [0.25, 0.3) is 0 Å². The molecule has 14 nitrogen and oxygen atoms in total. The molecule has 1 aromatic carbocycles. The van der Waals surface area contributed by atoms with Crippen LogP contribution in [0.1, 0.15) is 13.2 Å². The normalized spacial score (nSPS) is 22.7. The second-order valence-corrected chi connectivity index (χ2v) is 10.5. The minimum Gasteiger partial charge on any atom is -0.480 e. The Hall–Kier alpha value is -3.27. The molecule has 214 valence electrons. The number of carboxylic acid groups (broad SMARTS) is 1. The van der Waals surface area contributed by atoms with Gasteiger partial charge in [-0.1, -0.05) is 18.2 Å². The van der Waals surface area contributed by atoms with Gasteiger partial charge in [-0.2, -0.15) is 18.9 Å². The number of halogens is 2. The molecule has 0 aliphatic carbocycles. The highest BCUT2D eigenvalue weighted by atomic mass is 31.2. The zero-order valence-corrected chi connectivity index (χ0v) is 22.0. The molecule has 0 bridgehead atoms. The lowest BCUT2D eigenvalue weighted by molar-refractivity contribution is -0.141. The van der Waals surface area contributed by atoms with Crippen LogP contribution in [0, 0.1) is 0 Å². The predicted molar refractivity (Wildman–Crippen MR) is 131 cm³/mol. The van der Waals surface area contributed by atoms with Crippen molar-refractivity contribution >= 4 is 25.4 Å². The molecule has 1 aromatic heterocycles. The monoisotopic (exact) mass is 575 g/mol. The van der Waals surface area contributed by atoms with E-state index in [1.54, 1.807) is 37.2 Å². The highest BCUT2D eigenvalue weighted by Gasteiger charge is 2.60. The molecule has 2 heterocycles. The first-order valence-electron chi connectivity index (χ1n) is 11.5. The van der Waals surface area contributed by atoms with Gasteiger partial charge in [-0.05, 0) is 39.2 Å². The van der Waals surface area contributed by atoms with Crippen molar-refractivity contribution in [2.45, 2.75) is 37.3 Å². The van der Waals surface area contributed by atoms with E-state index in [-0.39, 0.29) is 18.1 Å². The Balaban J connectivity index is 1.76. The van der Waals surface area contributed by atoms with E-state index in [2.05, 4.69) is 15.4 Å². The zero-order chi connectivity index (χ0) is 29.0. The number of benzene rings is 1. The molecule has 3 rings (SSSR count). The summed E-state index contributed by atoms with van der Waals surface area (Å²) in [7, 11) is -1.21. The van der Waals surface area contributed by atoms with Crippen LogP contribution in [0.2, 0.25) is 0 Å². The highest BCUT2D eigenvalue weighted by molar-refractivity contribution is 7.52. The maximum absolute atomic E-state index is 15.0. The molecule has 1 unspecified atom stereocenters. The number of aliphatic hydroxyl groups is 1. The summed E-state index contributed by atoms with van der Waals surface area (Å²) in [4.78, 5) is 40.7. The maximum atomic E-state index is 15.0. The molecule has 1 amide bonds. The number of anilines is 1. The van der Waals surface area contributed by atoms with Crippen molar-refractivity contribution in [3.63, 3.8) is 0 Å². The number of hydrogen-bond donors (Lipinski definition) is 4. The fourth-order valence-corrected chi connectivity index (χ4v) is 4.92. The van der Waals surface area contributed by atoms with E-state index >= 15 is 0 Å². The number of alkyl halides is 2. The number of rotatable bonds is 12. The highest BCUT2D eigenvalue weighted by Crippen LogP contribution is 2.47. The third kappa shape index (κ3) is 7.65. The number of aromatic nitrogens is 2. The van der Waals surface area contributed by atoms with Crippen molar-refractivity contribution in [2.24, 2.45) is 0 Å². The lowest BCUT2D eigenvalue weighted by Crippen LogP contribution is -2.42. The number of nitrogens with zero attached hydrogens (tertiary/aromatic N) is 3. The lowest BCUT2D eigenvalue weighted by atomic mass is 10.1. The molecule has 1 saturated heterocycles. The van der Waals surface area contributed by atoms with Crippen molar-refractivity contribution in [1.29, 1.82) is 0 Å². The number of carbonyl (C=O) groups is 2. The van der Waals surface area contributed by atoms with Crippen molar-refractivity contribution in [2.75, 3.05) is 32.6 Å². The van der Waals surface area contributed by atoms with Crippen LogP contribution < -0.4 is 20.6 Å². The van der Waals surface area contributed by atoms with Gasteiger partial charge in [-0.15, -0.1) is 0 Å². The molecule has 1 aliphatic rings. The number of amides is 1. The zero-order valence-electron chi connectivity index (χ0n) is 21.1. The van der Waals surface area contributed by atoms with E-state index in [4.69, 9.17) is 13.8 Å². The third-order valence-electron chi connectivity index (χ3n) is 5.29. The summed E-state index contributed by atoms with van der Waals surface area (Å²) in [5.74, 6) is -6.07. The average Bonchev–Trinajstić information content (AvgIpc) is 3.06. The summed E-state index contributed by atoms with van der Waals surface area (Å²) < 4.78 is 59.3. The third-order valence-corrected chi connectivity index (χ3v) is 6.93. The van der Waals surface area contributed by atoms with Crippen molar-refractivity contribution in [3.05, 3.63) is 53.1 Å².